The molecule has 0 atom stereocenters. The molecule has 0 spiro atoms. The maximum Gasteiger partial charge on any atom is 0.244 e. The lowest BCUT2D eigenvalue weighted by Gasteiger charge is -2.12. The second kappa shape index (κ2) is 6.66. The number of rotatable bonds is 5. The van der Waals surface area contributed by atoms with Gasteiger partial charge >= 0.3 is 0 Å². The van der Waals surface area contributed by atoms with Crippen LogP contribution in [0.15, 0.2) is 35.6 Å². The first-order chi connectivity index (χ1) is 11.5. The lowest BCUT2D eigenvalue weighted by atomic mass is 10.1. The summed E-state index contributed by atoms with van der Waals surface area (Å²) in [6.45, 7) is 1.79. The number of H-pyrrole nitrogens is 1. The quantitative estimate of drug-likeness (QED) is 0.493. The van der Waals surface area contributed by atoms with Crippen LogP contribution in [-0.4, -0.2) is 39.9 Å². The molecule has 1 aliphatic heterocycles. The van der Waals surface area contributed by atoms with Crippen LogP contribution in [-0.2, 0) is 20.8 Å². The number of hydrazone groups is 1. The lowest BCUT2D eigenvalue weighted by Crippen LogP contribution is -2.34. The van der Waals surface area contributed by atoms with Crippen molar-refractivity contribution in [2.45, 2.75) is 26.2 Å². The second-order valence-electron chi connectivity index (χ2n) is 5.79. The number of amides is 3. The SMILES string of the molecule is C/C(CN1C(=O)CCC1=O)=N/NC(=O)Cc1c[nH]c2ccccc12. The predicted molar refractivity (Wildman–Crippen MR) is 89.2 cm³/mol. The van der Waals surface area contributed by atoms with Gasteiger partial charge in [0.15, 0.2) is 0 Å². The number of nitrogens with one attached hydrogen (secondary N) is 2. The number of hydrogen-bond acceptors (Lipinski definition) is 4. The number of aromatic amines is 1. The van der Waals surface area contributed by atoms with Gasteiger partial charge in [0, 0.05) is 29.9 Å². The average molecular weight is 326 g/mol. The van der Waals surface area contributed by atoms with Crippen molar-refractivity contribution in [1.29, 1.82) is 0 Å². The molecule has 0 aliphatic carbocycles. The van der Waals surface area contributed by atoms with Crippen LogP contribution >= 0.6 is 0 Å². The van der Waals surface area contributed by atoms with E-state index < -0.39 is 0 Å². The van der Waals surface area contributed by atoms with Crippen molar-refractivity contribution in [3.8, 4) is 0 Å². The number of fused-ring (bicyclic) bond motifs is 1. The molecule has 1 saturated heterocycles. The van der Waals surface area contributed by atoms with Gasteiger partial charge in [-0.05, 0) is 18.6 Å². The predicted octanol–water partition coefficient (Wildman–Crippen LogP) is 1.35. The number of para-hydroxylation sites is 1. The summed E-state index contributed by atoms with van der Waals surface area (Å²) in [5, 5.41) is 4.98. The monoisotopic (exact) mass is 326 g/mol. The molecule has 1 fully saturated rings. The van der Waals surface area contributed by atoms with Crippen LogP contribution in [0.25, 0.3) is 10.9 Å². The molecule has 7 nitrogen and oxygen atoms in total. The van der Waals surface area contributed by atoms with E-state index in [1.165, 1.54) is 4.90 Å². The molecular weight excluding hydrogens is 308 g/mol. The number of carbonyl (C=O) groups is 3. The number of carbonyl (C=O) groups excluding carboxylic acids is 3. The van der Waals surface area contributed by atoms with Gasteiger partial charge in [0.2, 0.25) is 17.7 Å². The standard InChI is InChI=1S/C17H18N4O3/c1-11(10-21-16(23)6-7-17(21)24)19-20-15(22)8-12-9-18-14-5-3-2-4-13(12)14/h2-5,9,18H,6-8,10H2,1H3,(H,20,22)/b19-11-. The molecule has 2 N–H and O–H groups in total. The summed E-state index contributed by atoms with van der Waals surface area (Å²) in [6, 6.07) is 7.75. The Morgan fingerprint density at radius 2 is 1.96 bits per heavy atom. The minimum absolute atomic E-state index is 0.116. The number of aromatic nitrogens is 1. The molecule has 24 heavy (non-hydrogen) atoms. The van der Waals surface area contributed by atoms with Crippen molar-refractivity contribution in [3.63, 3.8) is 0 Å². The Morgan fingerprint density at radius 1 is 1.25 bits per heavy atom. The van der Waals surface area contributed by atoms with E-state index in [2.05, 4.69) is 15.5 Å². The van der Waals surface area contributed by atoms with E-state index in [0.717, 1.165) is 16.5 Å². The molecule has 0 unspecified atom stereocenters. The largest absolute Gasteiger partial charge is 0.361 e. The van der Waals surface area contributed by atoms with Gasteiger partial charge in [-0.2, -0.15) is 5.10 Å². The summed E-state index contributed by atoms with van der Waals surface area (Å²) >= 11 is 0. The minimum Gasteiger partial charge on any atom is -0.361 e. The van der Waals surface area contributed by atoms with Gasteiger partial charge in [-0.3, -0.25) is 19.3 Å². The molecule has 0 radical (unpaired) electrons. The van der Waals surface area contributed by atoms with E-state index in [9.17, 15) is 14.4 Å². The van der Waals surface area contributed by atoms with Gasteiger partial charge in [0.1, 0.15) is 0 Å². The third kappa shape index (κ3) is 3.34. The Morgan fingerprint density at radius 3 is 2.71 bits per heavy atom. The number of likely N-dealkylation sites (tertiary alicyclic amines) is 1. The van der Waals surface area contributed by atoms with Crippen molar-refractivity contribution in [3.05, 3.63) is 36.0 Å². The summed E-state index contributed by atoms with van der Waals surface area (Å²) < 4.78 is 0. The van der Waals surface area contributed by atoms with Gasteiger partial charge in [-0.25, -0.2) is 5.43 Å². The third-order valence-corrected chi connectivity index (χ3v) is 3.94. The van der Waals surface area contributed by atoms with Crippen LogP contribution in [0.2, 0.25) is 0 Å². The Bertz CT molecular complexity index is 821. The van der Waals surface area contributed by atoms with Crippen LogP contribution < -0.4 is 5.43 Å². The van der Waals surface area contributed by atoms with Crippen molar-refractivity contribution in [2.24, 2.45) is 5.10 Å². The topological polar surface area (TPSA) is 94.6 Å². The molecule has 3 amide bonds. The Kier molecular flexibility index (Phi) is 4.41. The zero-order chi connectivity index (χ0) is 17.1. The molecular formula is C17H18N4O3. The summed E-state index contributed by atoms with van der Waals surface area (Å²) in [5.41, 5.74) is 4.85. The van der Waals surface area contributed by atoms with Crippen LogP contribution in [0, 0.1) is 0 Å². The third-order valence-electron chi connectivity index (χ3n) is 3.94. The lowest BCUT2D eigenvalue weighted by molar-refractivity contribution is -0.137. The maximum absolute atomic E-state index is 12.0. The number of nitrogens with zero attached hydrogens (tertiary/aromatic N) is 2. The normalized spacial score (nSPS) is 15.4. The van der Waals surface area contributed by atoms with Crippen molar-refractivity contribution in [2.75, 3.05) is 6.54 Å². The molecule has 2 aromatic rings. The van der Waals surface area contributed by atoms with E-state index in [-0.39, 0.29) is 43.5 Å². The molecule has 7 heteroatoms. The highest BCUT2D eigenvalue weighted by molar-refractivity contribution is 6.05. The summed E-state index contributed by atoms with van der Waals surface area (Å²) in [6.07, 6.45) is 2.50. The summed E-state index contributed by atoms with van der Waals surface area (Å²) in [4.78, 5) is 39.4. The van der Waals surface area contributed by atoms with E-state index in [4.69, 9.17) is 0 Å². The van der Waals surface area contributed by atoms with Gasteiger partial charge in [-0.1, -0.05) is 18.2 Å². The first-order valence-corrected chi connectivity index (χ1v) is 7.75. The van der Waals surface area contributed by atoms with E-state index in [1.807, 2.05) is 30.5 Å². The van der Waals surface area contributed by atoms with Crippen molar-refractivity contribution < 1.29 is 14.4 Å². The van der Waals surface area contributed by atoms with Gasteiger partial charge in [0.05, 0.1) is 18.7 Å². The smallest absolute Gasteiger partial charge is 0.244 e. The van der Waals surface area contributed by atoms with Crippen molar-refractivity contribution in [1.82, 2.24) is 15.3 Å². The first-order valence-electron chi connectivity index (χ1n) is 7.75. The van der Waals surface area contributed by atoms with Crippen LogP contribution in [0.3, 0.4) is 0 Å². The molecule has 2 heterocycles. The number of benzene rings is 1. The Labute approximate surface area is 138 Å². The fraction of sp³-hybridized carbons (Fsp3) is 0.294. The van der Waals surface area contributed by atoms with E-state index >= 15 is 0 Å². The summed E-state index contributed by atoms with van der Waals surface area (Å²) in [7, 11) is 0. The highest BCUT2D eigenvalue weighted by Gasteiger charge is 2.28. The number of imide groups is 1. The summed E-state index contributed by atoms with van der Waals surface area (Å²) in [5.74, 6) is -0.641. The molecule has 1 aliphatic rings. The average Bonchev–Trinajstić information content (AvgIpc) is 3.11. The fourth-order valence-corrected chi connectivity index (χ4v) is 2.71. The maximum atomic E-state index is 12.0. The van der Waals surface area contributed by atoms with Gasteiger partial charge in [0.25, 0.3) is 0 Å². The molecule has 3 rings (SSSR count). The Balaban J connectivity index is 1.58. The highest BCUT2D eigenvalue weighted by atomic mass is 16.2. The zero-order valence-electron chi connectivity index (χ0n) is 13.3. The van der Waals surface area contributed by atoms with E-state index in [0.29, 0.717) is 5.71 Å². The van der Waals surface area contributed by atoms with Crippen LogP contribution in [0.5, 0.6) is 0 Å². The molecule has 0 bridgehead atoms. The highest BCUT2D eigenvalue weighted by Crippen LogP contribution is 2.18. The first kappa shape index (κ1) is 15.9. The van der Waals surface area contributed by atoms with Crippen LogP contribution in [0.1, 0.15) is 25.3 Å². The van der Waals surface area contributed by atoms with Gasteiger partial charge < -0.3 is 4.98 Å². The number of hydrogen-bond donors (Lipinski definition) is 2. The Hall–Kier alpha value is -2.96. The molecule has 0 saturated carbocycles. The van der Waals surface area contributed by atoms with Gasteiger partial charge in [-0.15, -0.1) is 0 Å². The zero-order valence-corrected chi connectivity index (χ0v) is 13.3. The van der Waals surface area contributed by atoms with Crippen molar-refractivity contribution >= 4 is 34.3 Å². The minimum atomic E-state index is -0.252. The fourth-order valence-electron chi connectivity index (χ4n) is 2.71. The van der Waals surface area contributed by atoms with E-state index in [1.54, 1.807) is 6.92 Å². The van der Waals surface area contributed by atoms with Crippen LogP contribution in [0.4, 0.5) is 0 Å². The second-order valence-corrected chi connectivity index (χ2v) is 5.79. The molecule has 124 valence electrons. The molecule has 1 aromatic carbocycles. The molecule has 1 aromatic heterocycles.